The highest BCUT2D eigenvalue weighted by molar-refractivity contribution is 7.08. The number of pyridine rings is 3. The number of rotatable bonds is 5. The zero-order chi connectivity index (χ0) is 24.1. The topological polar surface area (TPSA) is 125 Å². The number of anilines is 1. The minimum atomic E-state index is 0.0573. The molecule has 1 amide bonds. The first kappa shape index (κ1) is 20.9. The molecule has 1 saturated carbocycles. The van der Waals surface area contributed by atoms with Gasteiger partial charge in [0.05, 0.1) is 41.0 Å². The SMILES string of the molecule is O=C(Nc1cncc(-c2cc3c(-c4nc5c(-c6ccsc6)cncc5[nH]4)n[nH]c3cn2)c1)C1CCC1. The van der Waals surface area contributed by atoms with Gasteiger partial charge < -0.3 is 10.3 Å². The number of nitrogens with zero attached hydrogens (tertiary/aromatic N) is 5. The number of nitrogens with one attached hydrogen (secondary N) is 3. The minimum absolute atomic E-state index is 0.0573. The molecule has 0 aliphatic heterocycles. The van der Waals surface area contributed by atoms with Gasteiger partial charge in [0, 0.05) is 34.8 Å². The molecule has 0 spiro atoms. The van der Waals surface area contributed by atoms with Crippen LogP contribution < -0.4 is 5.32 Å². The lowest BCUT2D eigenvalue weighted by Crippen LogP contribution is -2.28. The number of aromatic amines is 2. The molecular weight excluding hydrogens is 472 g/mol. The molecule has 0 saturated heterocycles. The van der Waals surface area contributed by atoms with Crippen molar-refractivity contribution in [2.24, 2.45) is 5.92 Å². The molecule has 0 bridgehead atoms. The Balaban J connectivity index is 1.26. The summed E-state index contributed by atoms with van der Waals surface area (Å²) < 4.78 is 0. The van der Waals surface area contributed by atoms with Crippen LogP contribution in [-0.4, -0.2) is 41.0 Å². The summed E-state index contributed by atoms with van der Waals surface area (Å²) >= 11 is 1.64. The first-order valence-electron chi connectivity index (χ1n) is 11.7. The molecule has 3 N–H and O–H groups in total. The average molecular weight is 493 g/mol. The van der Waals surface area contributed by atoms with Crippen LogP contribution in [0.1, 0.15) is 19.3 Å². The summed E-state index contributed by atoms with van der Waals surface area (Å²) in [5.41, 5.74) is 7.47. The monoisotopic (exact) mass is 492 g/mol. The fraction of sp³-hybridized carbons (Fsp3) is 0.154. The van der Waals surface area contributed by atoms with Crippen molar-refractivity contribution in [3.63, 3.8) is 0 Å². The van der Waals surface area contributed by atoms with Crippen molar-refractivity contribution in [2.75, 3.05) is 5.32 Å². The highest BCUT2D eigenvalue weighted by Crippen LogP contribution is 2.33. The molecule has 1 aliphatic carbocycles. The van der Waals surface area contributed by atoms with E-state index in [1.54, 1.807) is 36.1 Å². The Morgan fingerprint density at radius 1 is 1.03 bits per heavy atom. The molecule has 36 heavy (non-hydrogen) atoms. The first-order chi connectivity index (χ1) is 17.7. The van der Waals surface area contributed by atoms with Crippen LogP contribution in [0.15, 0.2) is 59.9 Å². The lowest BCUT2D eigenvalue weighted by atomic mass is 9.85. The van der Waals surface area contributed by atoms with E-state index in [1.807, 2.05) is 23.7 Å². The Kier molecular flexibility index (Phi) is 4.84. The number of hydrogen-bond donors (Lipinski definition) is 3. The average Bonchev–Trinajstić information content (AvgIpc) is 3.61. The van der Waals surface area contributed by atoms with Crippen molar-refractivity contribution in [2.45, 2.75) is 19.3 Å². The highest BCUT2D eigenvalue weighted by atomic mass is 32.1. The molecular formula is C26H20N8OS. The quantitative estimate of drug-likeness (QED) is 0.295. The van der Waals surface area contributed by atoms with Crippen molar-refractivity contribution < 1.29 is 4.79 Å². The molecule has 7 rings (SSSR count). The number of fused-ring (bicyclic) bond motifs is 2. The molecule has 6 aromatic rings. The smallest absolute Gasteiger partial charge is 0.227 e. The van der Waals surface area contributed by atoms with E-state index in [-0.39, 0.29) is 11.8 Å². The number of amides is 1. The van der Waals surface area contributed by atoms with Gasteiger partial charge in [0.2, 0.25) is 5.91 Å². The molecule has 0 aromatic carbocycles. The third-order valence-electron chi connectivity index (χ3n) is 6.68. The van der Waals surface area contributed by atoms with E-state index in [2.05, 4.69) is 46.9 Å². The predicted molar refractivity (Wildman–Crippen MR) is 139 cm³/mol. The zero-order valence-corrected chi connectivity index (χ0v) is 19.8. The van der Waals surface area contributed by atoms with Crippen LogP contribution in [0, 0.1) is 5.92 Å². The van der Waals surface area contributed by atoms with Gasteiger partial charge in [0.25, 0.3) is 0 Å². The third-order valence-corrected chi connectivity index (χ3v) is 7.36. The van der Waals surface area contributed by atoms with Gasteiger partial charge in [-0.1, -0.05) is 6.42 Å². The van der Waals surface area contributed by atoms with E-state index in [9.17, 15) is 4.79 Å². The molecule has 0 unspecified atom stereocenters. The lowest BCUT2D eigenvalue weighted by Gasteiger charge is -2.24. The number of carbonyl (C=O) groups is 1. The Labute approximate surface area is 209 Å². The van der Waals surface area contributed by atoms with Crippen LogP contribution in [0.4, 0.5) is 5.69 Å². The summed E-state index contributed by atoms with van der Waals surface area (Å²) in [5, 5.41) is 15.6. The molecule has 6 aromatic heterocycles. The van der Waals surface area contributed by atoms with Gasteiger partial charge in [-0.05, 0) is 47.4 Å². The summed E-state index contributed by atoms with van der Waals surface area (Å²) in [6.45, 7) is 0. The Morgan fingerprint density at radius 3 is 2.78 bits per heavy atom. The Morgan fingerprint density at radius 2 is 1.94 bits per heavy atom. The van der Waals surface area contributed by atoms with E-state index in [0.29, 0.717) is 17.2 Å². The largest absolute Gasteiger partial charge is 0.335 e. The van der Waals surface area contributed by atoms with Crippen molar-refractivity contribution in [1.29, 1.82) is 0 Å². The van der Waals surface area contributed by atoms with E-state index in [0.717, 1.165) is 63.6 Å². The fourth-order valence-corrected chi connectivity index (χ4v) is 5.15. The van der Waals surface area contributed by atoms with Crippen LogP contribution in [0.3, 0.4) is 0 Å². The number of hydrogen-bond acceptors (Lipinski definition) is 7. The van der Waals surface area contributed by atoms with Crippen LogP contribution in [-0.2, 0) is 4.79 Å². The van der Waals surface area contributed by atoms with Crippen molar-refractivity contribution in [1.82, 2.24) is 35.1 Å². The molecule has 6 heterocycles. The van der Waals surface area contributed by atoms with Gasteiger partial charge in [0.15, 0.2) is 5.82 Å². The van der Waals surface area contributed by atoms with E-state index >= 15 is 0 Å². The summed E-state index contributed by atoms with van der Waals surface area (Å²) in [6, 6.07) is 5.93. The van der Waals surface area contributed by atoms with Gasteiger partial charge in [-0.15, -0.1) is 0 Å². The second-order valence-electron chi connectivity index (χ2n) is 8.95. The van der Waals surface area contributed by atoms with Gasteiger partial charge in [-0.25, -0.2) is 4.98 Å². The third kappa shape index (κ3) is 3.54. The summed E-state index contributed by atoms with van der Waals surface area (Å²) in [7, 11) is 0. The molecule has 0 atom stereocenters. The number of carbonyl (C=O) groups excluding carboxylic acids is 1. The molecule has 10 heteroatoms. The second-order valence-corrected chi connectivity index (χ2v) is 9.73. The van der Waals surface area contributed by atoms with Gasteiger partial charge in [-0.2, -0.15) is 16.4 Å². The molecule has 0 radical (unpaired) electrons. The number of H-pyrrole nitrogens is 2. The van der Waals surface area contributed by atoms with Gasteiger partial charge in [-0.3, -0.25) is 24.8 Å². The number of thiophene rings is 1. The van der Waals surface area contributed by atoms with Crippen LogP contribution in [0.2, 0.25) is 0 Å². The first-order valence-corrected chi connectivity index (χ1v) is 12.6. The number of imidazole rings is 1. The van der Waals surface area contributed by atoms with E-state index < -0.39 is 0 Å². The molecule has 1 fully saturated rings. The second kappa shape index (κ2) is 8.35. The maximum atomic E-state index is 12.4. The van der Waals surface area contributed by atoms with Gasteiger partial charge >= 0.3 is 0 Å². The van der Waals surface area contributed by atoms with Crippen LogP contribution >= 0.6 is 11.3 Å². The normalized spacial score (nSPS) is 13.8. The Bertz CT molecular complexity index is 1730. The highest BCUT2D eigenvalue weighted by Gasteiger charge is 2.25. The van der Waals surface area contributed by atoms with Crippen LogP contribution in [0.25, 0.3) is 55.8 Å². The standard InChI is InChI=1S/C26H20N8OS/c35-26(14-2-1-3-14)30-17-6-16(8-27-9-17)20-7-18-21(12-29-20)33-34-24(18)25-31-22-11-28-10-19(23(22)32-25)15-4-5-36-13-15/h4-14H,1-3H2,(H,30,35)(H,31,32)(H,33,34). The lowest BCUT2D eigenvalue weighted by molar-refractivity contribution is -0.122. The maximum Gasteiger partial charge on any atom is 0.227 e. The summed E-state index contributed by atoms with van der Waals surface area (Å²) in [5.74, 6) is 0.815. The Hall–Kier alpha value is -4.44. The molecule has 176 valence electrons. The van der Waals surface area contributed by atoms with Crippen molar-refractivity contribution >= 4 is 44.9 Å². The minimum Gasteiger partial charge on any atom is -0.335 e. The fourth-order valence-electron chi connectivity index (χ4n) is 4.49. The van der Waals surface area contributed by atoms with Crippen molar-refractivity contribution in [3.8, 4) is 33.9 Å². The summed E-state index contributed by atoms with van der Waals surface area (Å²) in [6.07, 6.45) is 11.8. The zero-order valence-electron chi connectivity index (χ0n) is 19.0. The maximum absolute atomic E-state index is 12.4. The predicted octanol–water partition coefficient (Wildman–Crippen LogP) is 5.43. The van der Waals surface area contributed by atoms with Gasteiger partial charge in [0.1, 0.15) is 11.2 Å². The van der Waals surface area contributed by atoms with Crippen molar-refractivity contribution in [3.05, 3.63) is 59.9 Å². The summed E-state index contributed by atoms with van der Waals surface area (Å²) in [4.78, 5) is 33.9. The van der Waals surface area contributed by atoms with Crippen LogP contribution in [0.5, 0.6) is 0 Å². The van der Waals surface area contributed by atoms with E-state index in [1.165, 1.54) is 0 Å². The number of aromatic nitrogens is 7. The van der Waals surface area contributed by atoms with E-state index in [4.69, 9.17) is 4.98 Å². The molecule has 1 aliphatic rings. The molecule has 9 nitrogen and oxygen atoms in total.